The van der Waals surface area contributed by atoms with Gasteiger partial charge in [0.1, 0.15) is 0 Å². The van der Waals surface area contributed by atoms with Crippen molar-refractivity contribution in [1.29, 1.82) is 0 Å². The summed E-state index contributed by atoms with van der Waals surface area (Å²) < 4.78 is 27.2. The van der Waals surface area contributed by atoms with Gasteiger partial charge >= 0.3 is 0 Å². The summed E-state index contributed by atoms with van der Waals surface area (Å²) >= 11 is 0. The van der Waals surface area contributed by atoms with Crippen LogP contribution < -0.4 is 0 Å². The second-order valence-electron chi connectivity index (χ2n) is 5.32. The van der Waals surface area contributed by atoms with E-state index in [1.165, 1.54) is 16.7 Å². The molecule has 0 aliphatic heterocycles. The quantitative estimate of drug-likeness (QED) is 0.808. The standard InChI is InChI=1S/C17H20O3S/c1-12-7-5-8-13(2)17(12)16-10-6-9-15(14(16)3)11-20-21(4,18)19/h5-10H,11H2,1-4H3. The average Bonchev–Trinajstić information content (AvgIpc) is 2.38. The molecule has 2 rings (SSSR count). The second-order valence-corrected chi connectivity index (χ2v) is 6.97. The molecular weight excluding hydrogens is 284 g/mol. The van der Waals surface area contributed by atoms with Crippen molar-refractivity contribution in [3.63, 3.8) is 0 Å². The van der Waals surface area contributed by atoms with Crippen molar-refractivity contribution in [2.45, 2.75) is 27.4 Å². The van der Waals surface area contributed by atoms with Crippen LogP contribution in [0.15, 0.2) is 36.4 Å². The van der Waals surface area contributed by atoms with Crippen LogP contribution >= 0.6 is 0 Å². The molecule has 0 saturated heterocycles. The van der Waals surface area contributed by atoms with Crippen LogP contribution in [0.2, 0.25) is 0 Å². The summed E-state index contributed by atoms with van der Waals surface area (Å²) in [6.45, 7) is 6.24. The van der Waals surface area contributed by atoms with Gasteiger partial charge in [0.15, 0.2) is 0 Å². The van der Waals surface area contributed by atoms with Gasteiger partial charge in [-0.2, -0.15) is 8.42 Å². The molecule has 0 unspecified atom stereocenters. The predicted octanol–water partition coefficient (Wildman–Crippen LogP) is 3.76. The van der Waals surface area contributed by atoms with Crippen molar-refractivity contribution >= 4 is 10.1 Å². The first-order chi connectivity index (χ1) is 9.79. The Labute approximate surface area is 126 Å². The lowest BCUT2D eigenvalue weighted by Gasteiger charge is -2.15. The monoisotopic (exact) mass is 304 g/mol. The van der Waals surface area contributed by atoms with Gasteiger partial charge in [0.2, 0.25) is 0 Å². The van der Waals surface area contributed by atoms with E-state index in [0.717, 1.165) is 22.9 Å². The molecule has 0 saturated carbocycles. The predicted molar refractivity (Wildman–Crippen MR) is 85.7 cm³/mol. The Morgan fingerprint density at radius 1 is 0.952 bits per heavy atom. The molecule has 0 aromatic heterocycles. The van der Waals surface area contributed by atoms with Gasteiger partial charge in [-0.1, -0.05) is 36.4 Å². The van der Waals surface area contributed by atoms with Crippen molar-refractivity contribution in [2.24, 2.45) is 0 Å². The van der Waals surface area contributed by atoms with E-state index in [4.69, 9.17) is 4.18 Å². The summed E-state index contributed by atoms with van der Waals surface area (Å²) in [6, 6.07) is 12.1. The van der Waals surface area contributed by atoms with Gasteiger partial charge in [-0.3, -0.25) is 4.18 Å². The first-order valence-electron chi connectivity index (χ1n) is 6.79. The Bertz CT molecular complexity index is 741. The lowest BCUT2D eigenvalue weighted by molar-refractivity contribution is 0.311. The van der Waals surface area contributed by atoms with Crippen molar-refractivity contribution in [3.8, 4) is 11.1 Å². The molecule has 21 heavy (non-hydrogen) atoms. The van der Waals surface area contributed by atoms with Gasteiger partial charge in [-0.15, -0.1) is 0 Å². The highest BCUT2D eigenvalue weighted by Crippen LogP contribution is 2.31. The highest BCUT2D eigenvalue weighted by molar-refractivity contribution is 7.85. The first kappa shape index (κ1) is 15.7. The van der Waals surface area contributed by atoms with Crippen LogP contribution in [0.3, 0.4) is 0 Å². The zero-order valence-corrected chi connectivity index (χ0v) is 13.6. The summed E-state index contributed by atoms with van der Waals surface area (Å²) in [4.78, 5) is 0. The van der Waals surface area contributed by atoms with Crippen LogP contribution in [0.4, 0.5) is 0 Å². The van der Waals surface area contributed by atoms with E-state index < -0.39 is 10.1 Å². The Morgan fingerprint density at radius 2 is 1.52 bits per heavy atom. The molecule has 0 amide bonds. The Hall–Kier alpha value is -1.65. The highest BCUT2D eigenvalue weighted by atomic mass is 32.2. The lowest BCUT2D eigenvalue weighted by atomic mass is 9.91. The first-order valence-corrected chi connectivity index (χ1v) is 8.61. The molecule has 3 nitrogen and oxygen atoms in total. The zero-order chi connectivity index (χ0) is 15.6. The van der Waals surface area contributed by atoms with Gasteiger partial charge < -0.3 is 0 Å². The van der Waals surface area contributed by atoms with E-state index in [1.54, 1.807) is 0 Å². The number of hydrogen-bond acceptors (Lipinski definition) is 3. The van der Waals surface area contributed by atoms with Crippen molar-refractivity contribution in [2.75, 3.05) is 6.26 Å². The van der Waals surface area contributed by atoms with Crippen molar-refractivity contribution in [3.05, 3.63) is 58.7 Å². The molecular formula is C17H20O3S. The maximum absolute atomic E-state index is 11.2. The van der Waals surface area contributed by atoms with E-state index in [1.807, 2.05) is 25.1 Å². The molecule has 112 valence electrons. The van der Waals surface area contributed by atoms with Crippen LogP contribution in [0, 0.1) is 20.8 Å². The normalized spacial score (nSPS) is 11.6. The number of aryl methyl sites for hydroxylation is 2. The van der Waals surface area contributed by atoms with Crippen molar-refractivity contribution < 1.29 is 12.6 Å². The molecule has 0 fully saturated rings. The number of benzene rings is 2. The van der Waals surface area contributed by atoms with E-state index >= 15 is 0 Å². The molecule has 0 heterocycles. The summed E-state index contributed by atoms with van der Waals surface area (Å²) in [5.74, 6) is 0. The van der Waals surface area contributed by atoms with E-state index in [2.05, 4.69) is 32.0 Å². The second kappa shape index (κ2) is 6.00. The highest BCUT2D eigenvalue weighted by Gasteiger charge is 2.12. The fraction of sp³-hybridized carbons (Fsp3) is 0.294. The summed E-state index contributed by atoms with van der Waals surface area (Å²) in [7, 11) is -3.43. The average molecular weight is 304 g/mol. The van der Waals surface area contributed by atoms with Gasteiger partial charge in [0, 0.05) is 0 Å². The van der Waals surface area contributed by atoms with Crippen LogP contribution in [0.25, 0.3) is 11.1 Å². The van der Waals surface area contributed by atoms with Gasteiger partial charge in [-0.05, 0) is 54.2 Å². The molecule has 0 spiro atoms. The Balaban J connectivity index is 2.47. The summed E-state index contributed by atoms with van der Waals surface area (Å²) in [5, 5.41) is 0. The van der Waals surface area contributed by atoms with Crippen LogP contribution in [0.5, 0.6) is 0 Å². The third kappa shape index (κ3) is 3.71. The minimum absolute atomic E-state index is 0.0729. The summed E-state index contributed by atoms with van der Waals surface area (Å²) in [5.41, 5.74) is 6.69. The third-order valence-electron chi connectivity index (χ3n) is 3.62. The molecule has 0 radical (unpaired) electrons. The fourth-order valence-electron chi connectivity index (χ4n) is 2.52. The molecule has 2 aromatic rings. The zero-order valence-electron chi connectivity index (χ0n) is 12.8. The van der Waals surface area contributed by atoms with E-state index in [9.17, 15) is 8.42 Å². The van der Waals surface area contributed by atoms with Crippen LogP contribution in [-0.4, -0.2) is 14.7 Å². The van der Waals surface area contributed by atoms with Gasteiger partial charge in [-0.25, -0.2) is 0 Å². The maximum atomic E-state index is 11.2. The fourth-order valence-corrected chi connectivity index (χ4v) is 2.86. The Kier molecular flexibility index (Phi) is 4.49. The van der Waals surface area contributed by atoms with Gasteiger partial charge in [0.25, 0.3) is 10.1 Å². The molecule has 0 atom stereocenters. The van der Waals surface area contributed by atoms with E-state index in [0.29, 0.717) is 0 Å². The Morgan fingerprint density at radius 3 is 2.10 bits per heavy atom. The molecule has 4 heteroatoms. The lowest BCUT2D eigenvalue weighted by Crippen LogP contribution is -2.04. The number of rotatable bonds is 4. The van der Waals surface area contributed by atoms with Crippen LogP contribution in [-0.2, 0) is 20.9 Å². The SMILES string of the molecule is Cc1cccc(C)c1-c1cccc(COS(C)(=O)=O)c1C. The summed E-state index contributed by atoms with van der Waals surface area (Å²) in [6.07, 6.45) is 1.07. The van der Waals surface area contributed by atoms with Crippen LogP contribution in [0.1, 0.15) is 22.3 Å². The molecule has 2 aromatic carbocycles. The third-order valence-corrected chi connectivity index (χ3v) is 4.17. The topological polar surface area (TPSA) is 43.4 Å². The largest absolute Gasteiger partial charge is 0.265 e. The van der Waals surface area contributed by atoms with E-state index in [-0.39, 0.29) is 6.61 Å². The molecule has 0 aliphatic rings. The number of hydrogen-bond donors (Lipinski definition) is 0. The minimum Gasteiger partial charge on any atom is -0.265 e. The minimum atomic E-state index is -3.43. The smallest absolute Gasteiger partial charge is 0.264 e. The maximum Gasteiger partial charge on any atom is 0.264 e. The molecule has 0 bridgehead atoms. The van der Waals surface area contributed by atoms with Gasteiger partial charge in [0.05, 0.1) is 12.9 Å². The van der Waals surface area contributed by atoms with Crippen molar-refractivity contribution in [1.82, 2.24) is 0 Å². The molecule has 0 aliphatic carbocycles. The molecule has 0 N–H and O–H groups in total.